The summed E-state index contributed by atoms with van der Waals surface area (Å²) in [4.78, 5) is 66.8. The van der Waals surface area contributed by atoms with Crippen LogP contribution in [0.3, 0.4) is 0 Å². The first-order valence-electron chi connectivity index (χ1n) is 23.7. The fourth-order valence-electron chi connectivity index (χ4n) is 7.95. The third-order valence-corrected chi connectivity index (χ3v) is 11.9. The molecule has 2 atom stereocenters. The summed E-state index contributed by atoms with van der Waals surface area (Å²) in [6.07, 6.45) is 16.8. The van der Waals surface area contributed by atoms with Crippen molar-refractivity contribution in [3.63, 3.8) is 0 Å². The standard InChI is InChI=1S/C24H30N6O4.C16H22N4O.C9H11ClN2O3/c1-3-33-23(32)15(2)34-19-13-27-24(28-14-19)26-12-16-4-7-18(8-5-16)29-20-9-6-17-10-11-25-22(31)21(17)30-20;1-21-16-15-12(8-9-18-16)4-7-14(20-15)19-13-5-2-11(10-17)3-6-13;1-3-14-8(13)6(2)15-7-4-11-9(10)12-5-7/h6,9-11,13-16,18H,3-5,7-8,12H2,1-2H3,(H,25,31)(H,29,30)(H,26,27,28);4,7-9,11,13H,2-3,5-6,10,17H2,1H3,(H,19,20);4-6H,3H2,1-2H3. The van der Waals surface area contributed by atoms with E-state index in [0.717, 1.165) is 79.5 Å². The largest absolute Gasteiger partial charge is 0.479 e. The van der Waals surface area contributed by atoms with Gasteiger partial charge in [0.25, 0.3) is 5.56 Å². The van der Waals surface area contributed by atoms with E-state index < -0.39 is 24.1 Å². The molecule has 0 spiro atoms. The molecule has 20 nitrogen and oxygen atoms in total. The molecular weight excluding hydrogens is 920 g/mol. The lowest BCUT2D eigenvalue weighted by molar-refractivity contribution is -0.151. The van der Waals surface area contributed by atoms with E-state index in [-0.39, 0.29) is 10.8 Å². The van der Waals surface area contributed by atoms with Crippen molar-refractivity contribution in [3.8, 4) is 17.4 Å². The molecule has 6 N–H and O–H groups in total. The number of pyridine rings is 4. The SMILES string of the molecule is CCOC(=O)C(C)Oc1cnc(Cl)nc1.CCOC(=O)C(C)Oc1cnc(NCC2CCC(Nc3ccc4cc[nH]c(=O)c4n3)CC2)nc1.COc1nccc2ccc(NC3CCC(CN)CC3)nc12. The molecule has 21 heteroatoms. The van der Waals surface area contributed by atoms with Gasteiger partial charge in [-0.1, -0.05) is 0 Å². The average Bonchev–Trinajstić information content (AvgIpc) is 3.38. The van der Waals surface area contributed by atoms with Gasteiger partial charge in [0.1, 0.15) is 22.7 Å². The maximum absolute atomic E-state index is 12.0. The number of ether oxygens (including phenoxy) is 5. The number of H-pyrrole nitrogens is 1. The molecule has 2 aliphatic carbocycles. The normalized spacial score (nSPS) is 18.3. The molecule has 6 heterocycles. The number of halogens is 1. The van der Waals surface area contributed by atoms with Crippen molar-refractivity contribution in [3.05, 3.63) is 89.2 Å². The van der Waals surface area contributed by atoms with Crippen LogP contribution in [0, 0.1) is 11.8 Å². The summed E-state index contributed by atoms with van der Waals surface area (Å²) < 4.78 is 25.7. The zero-order valence-electron chi connectivity index (χ0n) is 40.2. The Morgan fingerprint density at radius 3 is 1.76 bits per heavy atom. The van der Waals surface area contributed by atoms with Crippen LogP contribution in [-0.2, 0) is 19.1 Å². The van der Waals surface area contributed by atoms with Gasteiger partial charge in [0.2, 0.25) is 17.1 Å². The number of anilines is 3. The molecule has 0 aromatic carbocycles. The topological polar surface area (TPSA) is 265 Å². The summed E-state index contributed by atoms with van der Waals surface area (Å²) in [5.41, 5.74) is 6.83. The van der Waals surface area contributed by atoms with E-state index in [1.807, 2.05) is 30.3 Å². The molecule has 2 saturated carbocycles. The minimum Gasteiger partial charge on any atom is -0.479 e. The second-order valence-corrected chi connectivity index (χ2v) is 17.2. The first kappa shape index (κ1) is 52.4. The lowest BCUT2D eigenvalue weighted by Crippen LogP contribution is -2.29. The Kier molecular flexibility index (Phi) is 20.0. The molecule has 2 aliphatic rings. The Labute approximate surface area is 411 Å². The van der Waals surface area contributed by atoms with Gasteiger partial charge in [0, 0.05) is 41.8 Å². The van der Waals surface area contributed by atoms with E-state index in [9.17, 15) is 14.4 Å². The Bertz CT molecular complexity index is 2630. The van der Waals surface area contributed by atoms with Gasteiger partial charge in [0.05, 0.1) is 45.1 Å². The average molecular weight is 984 g/mol. The van der Waals surface area contributed by atoms with Gasteiger partial charge in [-0.25, -0.2) is 44.5 Å². The third kappa shape index (κ3) is 15.8. The number of aromatic amines is 1. The fourth-order valence-corrected chi connectivity index (χ4v) is 8.05. The predicted octanol–water partition coefficient (Wildman–Crippen LogP) is 7.15. The number of hydrogen-bond donors (Lipinski definition) is 5. The Morgan fingerprint density at radius 1 is 0.714 bits per heavy atom. The zero-order chi connectivity index (χ0) is 49.8. The van der Waals surface area contributed by atoms with Crippen molar-refractivity contribution in [2.75, 3.05) is 49.4 Å². The van der Waals surface area contributed by atoms with Crippen molar-refractivity contribution in [2.45, 2.75) is 103 Å². The van der Waals surface area contributed by atoms with E-state index in [1.54, 1.807) is 59.6 Å². The number of carbonyl (C=O) groups is 2. The van der Waals surface area contributed by atoms with Crippen LogP contribution in [0.15, 0.2) is 78.4 Å². The fraction of sp³-hybridized carbons (Fsp3) is 0.469. The molecule has 374 valence electrons. The molecule has 0 amide bonds. The summed E-state index contributed by atoms with van der Waals surface area (Å²) >= 11 is 5.49. The Balaban J connectivity index is 0.000000190. The number of nitrogens with two attached hydrogens (primary N) is 1. The molecular formula is C49H63ClN12O8. The molecule has 0 aliphatic heterocycles. The number of nitrogens with zero attached hydrogens (tertiary/aromatic N) is 7. The highest BCUT2D eigenvalue weighted by molar-refractivity contribution is 6.28. The summed E-state index contributed by atoms with van der Waals surface area (Å²) in [5.74, 6) is 3.90. The maximum atomic E-state index is 12.0. The van der Waals surface area contributed by atoms with Crippen LogP contribution < -0.4 is 41.5 Å². The van der Waals surface area contributed by atoms with Crippen LogP contribution >= 0.6 is 11.6 Å². The molecule has 0 radical (unpaired) electrons. The van der Waals surface area contributed by atoms with Gasteiger partial charge in [-0.05, 0) is 145 Å². The smallest absolute Gasteiger partial charge is 0.347 e. The van der Waals surface area contributed by atoms with Crippen molar-refractivity contribution < 1.29 is 33.3 Å². The van der Waals surface area contributed by atoms with E-state index in [0.29, 0.717) is 66.0 Å². The van der Waals surface area contributed by atoms with Crippen LogP contribution in [0.4, 0.5) is 17.6 Å². The number of nitrogens with one attached hydrogen (secondary N) is 4. The summed E-state index contributed by atoms with van der Waals surface area (Å²) in [6.45, 7) is 8.94. The zero-order valence-corrected chi connectivity index (χ0v) is 41.0. The van der Waals surface area contributed by atoms with Gasteiger partial charge in [-0.2, -0.15) is 0 Å². The predicted molar refractivity (Wildman–Crippen MR) is 267 cm³/mol. The number of carbonyl (C=O) groups excluding carboxylic acids is 2. The van der Waals surface area contributed by atoms with Crippen molar-refractivity contribution >= 4 is 62.9 Å². The number of aromatic nitrogens is 8. The number of esters is 2. The molecule has 0 saturated heterocycles. The van der Waals surface area contributed by atoms with Crippen LogP contribution in [-0.4, -0.2) is 110 Å². The van der Waals surface area contributed by atoms with E-state index in [2.05, 4.69) is 61.9 Å². The third-order valence-electron chi connectivity index (χ3n) is 11.8. The highest BCUT2D eigenvalue weighted by atomic mass is 35.5. The number of fused-ring (bicyclic) bond motifs is 2. The monoisotopic (exact) mass is 982 g/mol. The van der Waals surface area contributed by atoms with Crippen molar-refractivity contribution in [1.29, 1.82) is 0 Å². The lowest BCUT2D eigenvalue weighted by Gasteiger charge is -2.29. The van der Waals surface area contributed by atoms with Crippen LogP contribution in [0.5, 0.6) is 17.4 Å². The highest BCUT2D eigenvalue weighted by Gasteiger charge is 2.23. The minimum atomic E-state index is -0.711. The molecule has 0 bridgehead atoms. The van der Waals surface area contributed by atoms with E-state index in [4.69, 9.17) is 41.0 Å². The summed E-state index contributed by atoms with van der Waals surface area (Å²) in [5, 5.41) is 12.3. The van der Waals surface area contributed by atoms with Crippen molar-refractivity contribution in [1.82, 2.24) is 39.9 Å². The van der Waals surface area contributed by atoms with E-state index in [1.165, 1.54) is 25.2 Å². The van der Waals surface area contributed by atoms with Crippen LogP contribution in [0.2, 0.25) is 5.28 Å². The van der Waals surface area contributed by atoms with Gasteiger partial charge >= 0.3 is 11.9 Å². The number of hydrogen-bond acceptors (Lipinski definition) is 19. The Hall–Kier alpha value is -6.93. The molecule has 2 unspecified atom stereocenters. The molecule has 8 rings (SSSR count). The van der Waals surface area contributed by atoms with Gasteiger partial charge in [-0.3, -0.25) is 4.79 Å². The van der Waals surface area contributed by atoms with Crippen molar-refractivity contribution in [2.24, 2.45) is 17.6 Å². The summed E-state index contributed by atoms with van der Waals surface area (Å²) in [7, 11) is 1.62. The molecule has 6 aromatic rings. The first-order chi connectivity index (χ1) is 33.9. The second-order valence-electron chi connectivity index (χ2n) is 16.8. The van der Waals surface area contributed by atoms with Crippen LogP contribution in [0.25, 0.3) is 21.8 Å². The van der Waals surface area contributed by atoms with E-state index >= 15 is 0 Å². The maximum Gasteiger partial charge on any atom is 0.347 e. The van der Waals surface area contributed by atoms with Gasteiger partial charge in [0.15, 0.2) is 23.7 Å². The van der Waals surface area contributed by atoms with Crippen LogP contribution in [0.1, 0.15) is 79.1 Å². The first-order valence-corrected chi connectivity index (χ1v) is 24.0. The van der Waals surface area contributed by atoms with Gasteiger partial charge in [-0.15, -0.1) is 0 Å². The lowest BCUT2D eigenvalue weighted by atomic mass is 9.86. The minimum absolute atomic E-state index is 0.131. The highest BCUT2D eigenvalue weighted by Crippen LogP contribution is 2.29. The number of rotatable bonds is 17. The Morgan fingerprint density at radius 2 is 1.23 bits per heavy atom. The molecule has 2 fully saturated rings. The quantitative estimate of drug-likeness (QED) is 0.0448. The second kappa shape index (κ2) is 26.7. The number of methoxy groups -OCH3 is 1. The summed E-state index contributed by atoms with van der Waals surface area (Å²) in [6, 6.07) is 12.5. The molecule has 70 heavy (non-hydrogen) atoms. The molecule has 6 aromatic heterocycles. The van der Waals surface area contributed by atoms with Gasteiger partial charge < -0.3 is 50.4 Å².